The van der Waals surface area contributed by atoms with Gasteiger partial charge in [-0.15, -0.1) is 0 Å². The number of nitrogens with zero attached hydrogens (tertiary/aromatic N) is 1. The van der Waals surface area contributed by atoms with Gasteiger partial charge in [-0.3, -0.25) is 10.2 Å². The minimum absolute atomic E-state index is 0.153. The fourth-order valence-electron chi connectivity index (χ4n) is 2.82. The average molecular weight is 226 g/mol. The van der Waals surface area contributed by atoms with E-state index in [0.717, 1.165) is 12.8 Å². The van der Waals surface area contributed by atoms with E-state index in [4.69, 9.17) is 5.11 Å². The Morgan fingerprint density at radius 1 is 1.19 bits per heavy atom. The average Bonchev–Trinajstić information content (AvgIpc) is 2.14. The van der Waals surface area contributed by atoms with Crippen LogP contribution < -0.4 is 5.43 Å². The van der Waals surface area contributed by atoms with Crippen LogP contribution in [0.25, 0.3) is 0 Å². The van der Waals surface area contributed by atoms with Crippen LogP contribution in [-0.4, -0.2) is 34.2 Å². The Balaban J connectivity index is 1.90. The third-order valence-corrected chi connectivity index (χ3v) is 4.10. The quantitative estimate of drug-likeness (QED) is 0.768. The predicted octanol–water partition coefficient (Wildman–Crippen LogP) is 1.62. The monoisotopic (exact) mass is 226 g/mol. The topological polar surface area (TPSA) is 52.6 Å². The van der Waals surface area contributed by atoms with Gasteiger partial charge in [-0.25, -0.2) is 5.01 Å². The Labute approximate surface area is 97.0 Å². The van der Waals surface area contributed by atoms with Gasteiger partial charge in [0.15, 0.2) is 0 Å². The molecule has 0 aromatic heterocycles. The lowest BCUT2D eigenvalue weighted by Crippen LogP contribution is -2.60. The van der Waals surface area contributed by atoms with Gasteiger partial charge in [0.25, 0.3) is 0 Å². The maximum absolute atomic E-state index is 10.9. The van der Waals surface area contributed by atoms with Crippen molar-refractivity contribution in [2.45, 2.75) is 64.1 Å². The van der Waals surface area contributed by atoms with Crippen LogP contribution in [0.5, 0.6) is 0 Å². The predicted molar refractivity (Wildman–Crippen MR) is 61.9 cm³/mol. The zero-order valence-corrected chi connectivity index (χ0v) is 10.1. The highest BCUT2D eigenvalue weighted by atomic mass is 16.4. The number of carbonyl (C=O) groups is 1. The summed E-state index contributed by atoms with van der Waals surface area (Å²) in [5.74, 6) is -0.831. The molecule has 1 aliphatic heterocycles. The molecule has 92 valence electrons. The molecule has 0 aromatic carbocycles. The summed E-state index contributed by atoms with van der Waals surface area (Å²) in [6.07, 6.45) is 5.52. The van der Waals surface area contributed by atoms with Gasteiger partial charge in [0.05, 0.1) is 5.92 Å². The maximum Gasteiger partial charge on any atom is 0.308 e. The van der Waals surface area contributed by atoms with Crippen LogP contribution in [0.1, 0.15) is 46.0 Å². The second-order valence-corrected chi connectivity index (χ2v) is 5.29. The van der Waals surface area contributed by atoms with E-state index in [0.29, 0.717) is 12.1 Å². The molecule has 16 heavy (non-hydrogen) atoms. The first-order valence-electron chi connectivity index (χ1n) is 6.37. The van der Waals surface area contributed by atoms with Gasteiger partial charge in [0.2, 0.25) is 0 Å². The van der Waals surface area contributed by atoms with Crippen molar-refractivity contribution in [3.63, 3.8) is 0 Å². The molecule has 0 amide bonds. The number of piperidine rings is 1. The number of nitrogens with one attached hydrogen (secondary N) is 1. The molecular weight excluding hydrogens is 204 g/mol. The van der Waals surface area contributed by atoms with Crippen LogP contribution in [0.3, 0.4) is 0 Å². The Bertz CT molecular complexity index is 260. The van der Waals surface area contributed by atoms with Gasteiger partial charge >= 0.3 is 5.97 Å². The van der Waals surface area contributed by atoms with E-state index in [2.05, 4.69) is 24.3 Å². The molecule has 4 unspecified atom stereocenters. The van der Waals surface area contributed by atoms with Crippen LogP contribution in [0, 0.1) is 5.92 Å². The van der Waals surface area contributed by atoms with Crippen molar-refractivity contribution in [1.82, 2.24) is 10.4 Å². The Kier molecular flexibility index (Phi) is 3.50. The van der Waals surface area contributed by atoms with Crippen molar-refractivity contribution in [2.75, 3.05) is 0 Å². The molecular formula is C12H22N2O2. The number of carboxylic acid groups (broad SMARTS) is 1. The van der Waals surface area contributed by atoms with Crippen molar-refractivity contribution in [3.8, 4) is 0 Å². The van der Waals surface area contributed by atoms with Crippen molar-refractivity contribution in [1.29, 1.82) is 0 Å². The molecule has 4 atom stereocenters. The molecule has 2 N–H and O–H groups in total. The summed E-state index contributed by atoms with van der Waals surface area (Å²) in [7, 11) is 0. The van der Waals surface area contributed by atoms with Crippen molar-refractivity contribution in [2.24, 2.45) is 5.92 Å². The van der Waals surface area contributed by atoms with Crippen LogP contribution >= 0.6 is 0 Å². The summed E-state index contributed by atoms with van der Waals surface area (Å²) in [5, 5.41) is 11.3. The van der Waals surface area contributed by atoms with E-state index >= 15 is 0 Å². The molecule has 4 nitrogen and oxygen atoms in total. The van der Waals surface area contributed by atoms with Crippen LogP contribution in [0.4, 0.5) is 0 Å². The molecule has 0 spiro atoms. The first-order chi connectivity index (χ1) is 7.59. The number of hydrogen-bond acceptors (Lipinski definition) is 3. The molecule has 2 rings (SSSR count). The first kappa shape index (κ1) is 11.9. The van der Waals surface area contributed by atoms with E-state index in [1.165, 1.54) is 19.3 Å². The van der Waals surface area contributed by atoms with Gasteiger partial charge in [-0.05, 0) is 39.5 Å². The van der Waals surface area contributed by atoms with Crippen LogP contribution in [-0.2, 0) is 4.79 Å². The fourth-order valence-corrected chi connectivity index (χ4v) is 2.82. The normalized spacial score (nSPS) is 40.4. The summed E-state index contributed by atoms with van der Waals surface area (Å²) < 4.78 is 0. The highest BCUT2D eigenvalue weighted by Gasteiger charge is 2.39. The highest BCUT2D eigenvalue weighted by Crippen LogP contribution is 2.30. The third kappa shape index (κ3) is 2.23. The molecule has 4 heteroatoms. The zero-order valence-electron chi connectivity index (χ0n) is 10.1. The lowest BCUT2D eigenvalue weighted by molar-refractivity contribution is -0.148. The number of aliphatic carboxylic acids is 1. The largest absolute Gasteiger partial charge is 0.481 e. The Hall–Kier alpha value is -0.610. The number of hydrazine groups is 1. The lowest BCUT2D eigenvalue weighted by atomic mass is 9.80. The molecule has 0 aromatic rings. The van der Waals surface area contributed by atoms with Crippen LogP contribution in [0.2, 0.25) is 0 Å². The molecule has 2 aliphatic rings. The summed E-state index contributed by atoms with van der Waals surface area (Å²) in [6.45, 7) is 4.44. The van der Waals surface area contributed by atoms with Crippen LogP contribution in [0.15, 0.2) is 0 Å². The van der Waals surface area contributed by atoms with Gasteiger partial charge in [-0.1, -0.05) is 6.42 Å². The summed E-state index contributed by atoms with van der Waals surface area (Å²) in [5.41, 5.74) is 3.44. The number of hydrogen-bond donors (Lipinski definition) is 2. The number of rotatable bonds is 3. The first-order valence-corrected chi connectivity index (χ1v) is 6.37. The minimum atomic E-state index is -0.652. The maximum atomic E-state index is 10.9. The van der Waals surface area contributed by atoms with Crippen molar-refractivity contribution >= 4 is 5.97 Å². The standard InChI is InChI=1S/C12H22N2O2/c1-8-4-3-5-9(2)14(8)13-11-7-6-10(11)12(15)16/h8-11,13H,3-7H2,1-2H3,(H,15,16). The van der Waals surface area contributed by atoms with Crippen molar-refractivity contribution < 1.29 is 9.90 Å². The molecule has 0 radical (unpaired) electrons. The lowest BCUT2D eigenvalue weighted by Gasteiger charge is -2.45. The third-order valence-electron chi connectivity index (χ3n) is 4.10. The highest BCUT2D eigenvalue weighted by molar-refractivity contribution is 5.72. The van der Waals surface area contributed by atoms with Gasteiger partial charge in [0.1, 0.15) is 0 Å². The van der Waals surface area contributed by atoms with Gasteiger partial charge in [0, 0.05) is 18.1 Å². The minimum Gasteiger partial charge on any atom is -0.481 e. The van der Waals surface area contributed by atoms with Gasteiger partial charge in [-0.2, -0.15) is 0 Å². The smallest absolute Gasteiger partial charge is 0.308 e. The molecule has 1 heterocycles. The summed E-state index contributed by atoms with van der Waals surface area (Å²) in [4.78, 5) is 10.9. The van der Waals surface area contributed by atoms with Gasteiger partial charge < -0.3 is 5.11 Å². The molecule has 1 saturated carbocycles. The van der Waals surface area contributed by atoms with E-state index in [1.54, 1.807) is 0 Å². The Morgan fingerprint density at radius 3 is 2.25 bits per heavy atom. The summed E-state index contributed by atoms with van der Waals surface area (Å²) >= 11 is 0. The molecule has 2 fully saturated rings. The zero-order chi connectivity index (χ0) is 11.7. The molecule has 0 bridgehead atoms. The fraction of sp³-hybridized carbons (Fsp3) is 0.917. The van der Waals surface area contributed by atoms with E-state index in [-0.39, 0.29) is 12.0 Å². The number of carboxylic acids is 1. The van der Waals surface area contributed by atoms with Crippen molar-refractivity contribution in [3.05, 3.63) is 0 Å². The van der Waals surface area contributed by atoms with E-state index < -0.39 is 5.97 Å². The second kappa shape index (κ2) is 4.72. The summed E-state index contributed by atoms with van der Waals surface area (Å²) in [6, 6.07) is 1.21. The van der Waals surface area contributed by atoms with E-state index in [9.17, 15) is 4.79 Å². The molecule has 1 saturated heterocycles. The van der Waals surface area contributed by atoms with E-state index in [1.807, 2.05) is 0 Å². The molecule has 1 aliphatic carbocycles. The second-order valence-electron chi connectivity index (χ2n) is 5.29. The Morgan fingerprint density at radius 2 is 1.81 bits per heavy atom. The SMILES string of the molecule is CC1CCCC(C)N1NC1CCC1C(=O)O.